The van der Waals surface area contributed by atoms with E-state index in [2.05, 4.69) is 20.3 Å². The molecule has 2 heterocycles. The molecule has 7 heteroatoms. The molecule has 0 unspecified atom stereocenters. The Morgan fingerprint density at radius 1 is 1.11 bits per heavy atom. The Hall–Kier alpha value is -2.94. The zero-order valence-corrected chi connectivity index (χ0v) is 17.1. The standard InChI is InChI=1S/C21H17Cl2N5/c1-12-4-5-19(26-11-12)28-21-13(2)18(6-7-25-21)27-14(3)20-16(22)8-15(10-24)9-17(20)23/h4-9,11H,1-3H3,(H,25,26,28). The maximum Gasteiger partial charge on any atom is 0.136 e. The Labute approximate surface area is 173 Å². The van der Waals surface area contributed by atoms with E-state index in [4.69, 9.17) is 28.5 Å². The zero-order valence-electron chi connectivity index (χ0n) is 15.6. The monoisotopic (exact) mass is 409 g/mol. The number of benzene rings is 1. The Balaban J connectivity index is 1.96. The van der Waals surface area contributed by atoms with Crippen LogP contribution in [0.4, 0.5) is 17.3 Å². The third-order valence-corrected chi connectivity index (χ3v) is 4.75. The number of nitrogens with zero attached hydrogens (tertiary/aromatic N) is 4. The van der Waals surface area contributed by atoms with Gasteiger partial charge in [-0.3, -0.25) is 4.99 Å². The lowest BCUT2D eigenvalue weighted by molar-refractivity contribution is 1.20. The van der Waals surface area contributed by atoms with Crippen LogP contribution in [0.3, 0.4) is 0 Å². The van der Waals surface area contributed by atoms with Crippen molar-refractivity contribution in [3.63, 3.8) is 0 Å². The van der Waals surface area contributed by atoms with E-state index in [0.717, 1.165) is 16.8 Å². The highest BCUT2D eigenvalue weighted by molar-refractivity contribution is 6.40. The molecule has 2 aromatic heterocycles. The van der Waals surface area contributed by atoms with Crippen molar-refractivity contribution in [1.29, 1.82) is 5.26 Å². The molecule has 3 aromatic rings. The predicted octanol–water partition coefficient (Wildman–Crippen LogP) is 6.16. The van der Waals surface area contributed by atoms with Crippen molar-refractivity contribution in [2.24, 2.45) is 4.99 Å². The molecule has 0 saturated carbocycles. The highest BCUT2D eigenvalue weighted by Gasteiger charge is 2.13. The van der Waals surface area contributed by atoms with E-state index in [-0.39, 0.29) is 0 Å². The molecule has 0 saturated heterocycles. The molecule has 1 aromatic carbocycles. The van der Waals surface area contributed by atoms with Gasteiger partial charge in [0.1, 0.15) is 11.6 Å². The predicted molar refractivity (Wildman–Crippen MR) is 114 cm³/mol. The molecule has 5 nitrogen and oxygen atoms in total. The summed E-state index contributed by atoms with van der Waals surface area (Å²) >= 11 is 12.6. The quantitative estimate of drug-likeness (QED) is 0.523. The number of pyridine rings is 2. The average molecular weight is 410 g/mol. The number of rotatable bonds is 4. The molecule has 0 bridgehead atoms. The third-order valence-electron chi connectivity index (χ3n) is 4.15. The normalized spacial score (nSPS) is 11.2. The van der Waals surface area contributed by atoms with Crippen molar-refractivity contribution in [3.8, 4) is 6.07 Å². The first kappa shape index (κ1) is 19.8. The third kappa shape index (κ3) is 4.30. The number of halogens is 2. The summed E-state index contributed by atoms with van der Waals surface area (Å²) in [6.07, 6.45) is 3.47. The van der Waals surface area contributed by atoms with Crippen LogP contribution in [-0.4, -0.2) is 15.7 Å². The van der Waals surface area contributed by atoms with Gasteiger partial charge in [-0.25, -0.2) is 9.97 Å². The lowest BCUT2D eigenvalue weighted by Gasteiger charge is -2.11. The van der Waals surface area contributed by atoms with Crippen LogP contribution in [0.1, 0.15) is 29.2 Å². The highest BCUT2D eigenvalue weighted by atomic mass is 35.5. The molecule has 0 radical (unpaired) electrons. The number of aliphatic imine (C=N–C) groups is 1. The number of nitrogens with one attached hydrogen (secondary N) is 1. The van der Waals surface area contributed by atoms with Crippen LogP contribution >= 0.6 is 23.2 Å². The summed E-state index contributed by atoms with van der Waals surface area (Å²) < 4.78 is 0. The van der Waals surface area contributed by atoms with Crippen LogP contribution in [0.5, 0.6) is 0 Å². The van der Waals surface area contributed by atoms with Gasteiger partial charge >= 0.3 is 0 Å². The SMILES string of the molecule is CC(=Nc1ccnc(Nc2ccc(C)cn2)c1C)c1c(Cl)cc(C#N)cc1Cl. The second-order valence-electron chi connectivity index (χ2n) is 6.27. The van der Waals surface area contributed by atoms with Gasteiger partial charge in [-0.1, -0.05) is 29.3 Å². The first-order valence-electron chi connectivity index (χ1n) is 8.49. The molecule has 0 aliphatic heterocycles. The van der Waals surface area contributed by atoms with Gasteiger partial charge in [0.15, 0.2) is 0 Å². The summed E-state index contributed by atoms with van der Waals surface area (Å²) in [5, 5.41) is 13.0. The number of aryl methyl sites for hydroxylation is 1. The van der Waals surface area contributed by atoms with E-state index in [9.17, 15) is 0 Å². The van der Waals surface area contributed by atoms with Crippen LogP contribution in [0.2, 0.25) is 10.0 Å². The van der Waals surface area contributed by atoms with Crippen molar-refractivity contribution in [1.82, 2.24) is 9.97 Å². The number of hydrogen-bond acceptors (Lipinski definition) is 5. The first-order valence-corrected chi connectivity index (χ1v) is 9.24. The molecule has 0 fully saturated rings. The molecule has 0 aliphatic rings. The number of aromatic nitrogens is 2. The second-order valence-corrected chi connectivity index (χ2v) is 7.09. The smallest absolute Gasteiger partial charge is 0.136 e. The van der Waals surface area contributed by atoms with E-state index < -0.39 is 0 Å². The molecule has 0 aliphatic carbocycles. The van der Waals surface area contributed by atoms with Crippen LogP contribution in [0.15, 0.2) is 47.7 Å². The minimum atomic E-state index is 0.388. The largest absolute Gasteiger partial charge is 0.325 e. The van der Waals surface area contributed by atoms with Crippen molar-refractivity contribution < 1.29 is 0 Å². The fraction of sp³-hybridized carbons (Fsp3) is 0.143. The molecule has 1 N–H and O–H groups in total. The molecule has 28 heavy (non-hydrogen) atoms. The minimum absolute atomic E-state index is 0.388. The lowest BCUT2D eigenvalue weighted by atomic mass is 10.1. The molecule has 0 spiro atoms. The van der Waals surface area contributed by atoms with Crippen LogP contribution < -0.4 is 5.32 Å². The zero-order chi connectivity index (χ0) is 20.3. The topological polar surface area (TPSA) is 74.0 Å². The molecular formula is C21H17Cl2N5. The van der Waals surface area contributed by atoms with Gasteiger partial charge in [0, 0.05) is 29.2 Å². The van der Waals surface area contributed by atoms with Gasteiger partial charge < -0.3 is 5.32 Å². The molecular weight excluding hydrogens is 393 g/mol. The van der Waals surface area contributed by atoms with Gasteiger partial charge in [-0.2, -0.15) is 5.26 Å². The van der Waals surface area contributed by atoms with E-state index in [1.54, 1.807) is 24.5 Å². The van der Waals surface area contributed by atoms with Gasteiger partial charge in [0.2, 0.25) is 0 Å². The Kier molecular flexibility index (Phi) is 5.93. The fourth-order valence-electron chi connectivity index (χ4n) is 2.66. The summed E-state index contributed by atoms with van der Waals surface area (Å²) in [5.41, 5.74) is 4.34. The molecule has 140 valence electrons. The Morgan fingerprint density at radius 3 is 2.43 bits per heavy atom. The van der Waals surface area contributed by atoms with E-state index >= 15 is 0 Å². The Bertz CT molecular complexity index is 1080. The van der Waals surface area contributed by atoms with Gasteiger partial charge in [0.25, 0.3) is 0 Å². The fourth-order valence-corrected chi connectivity index (χ4v) is 3.42. The van der Waals surface area contributed by atoms with Crippen molar-refractivity contribution >= 4 is 46.2 Å². The molecule has 0 amide bonds. The minimum Gasteiger partial charge on any atom is -0.325 e. The average Bonchev–Trinajstić information content (AvgIpc) is 2.66. The number of anilines is 2. The Morgan fingerprint density at radius 2 is 1.82 bits per heavy atom. The van der Waals surface area contributed by atoms with Crippen molar-refractivity contribution in [2.75, 3.05) is 5.32 Å². The number of hydrogen-bond donors (Lipinski definition) is 1. The summed E-state index contributed by atoms with van der Waals surface area (Å²) in [6, 6.07) is 10.9. The summed E-state index contributed by atoms with van der Waals surface area (Å²) in [6.45, 7) is 5.74. The number of nitriles is 1. The summed E-state index contributed by atoms with van der Waals surface area (Å²) in [5.74, 6) is 1.37. The molecule has 3 rings (SSSR count). The van der Waals surface area contributed by atoms with Crippen LogP contribution in [-0.2, 0) is 0 Å². The lowest BCUT2D eigenvalue weighted by Crippen LogP contribution is -2.00. The summed E-state index contributed by atoms with van der Waals surface area (Å²) in [7, 11) is 0. The highest BCUT2D eigenvalue weighted by Crippen LogP contribution is 2.30. The first-order chi connectivity index (χ1) is 13.4. The van der Waals surface area contributed by atoms with Gasteiger partial charge in [-0.15, -0.1) is 0 Å². The maximum absolute atomic E-state index is 9.04. The van der Waals surface area contributed by atoms with Gasteiger partial charge in [0.05, 0.1) is 27.4 Å². The summed E-state index contributed by atoms with van der Waals surface area (Å²) in [4.78, 5) is 13.4. The van der Waals surface area contributed by atoms with Crippen molar-refractivity contribution in [3.05, 3.63) is 75.0 Å². The van der Waals surface area contributed by atoms with Crippen molar-refractivity contribution in [2.45, 2.75) is 20.8 Å². The van der Waals surface area contributed by atoms with Gasteiger partial charge in [-0.05, 0) is 50.6 Å². The van der Waals surface area contributed by atoms with Crippen LogP contribution in [0, 0.1) is 25.2 Å². The molecule has 0 atom stereocenters. The maximum atomic E-state index is 9.04. The van der Waals surface area contributed by atoms with E-state index in [0.29, 0.717) is 38.5 Å². The van der Waals surface area contributed by atoms with E-state index in [1.165, 1.54) is 0 Å². The second kappa shape index (κ2) is 8.39. The van der Waals surface area contributed by atoms with Crippen LogP contribution in [0.25, 0.3) is 0 Å². The van der Waals surface area contributed by atoms with E-state index in [1.807, 2.05) is 45.0 Å².